The molecule has 0 bridgehead atoms. The van der Waals surface area contributed by atoms with Gasteiger partial charge in [-0.2, -0.15) is 0 Å². The summed E-state index contributed by atoms with van der Waals surface area (Å²) in [4.78, 5) is 39.0. The van der Waals surface area contributed by atoms with E-state index >= 15 is 0 Å². The lowest BCUT2D eigenvalue weighted by Gasteiger charge is -2.33. The average Bonchev–Trinajstić information content (AvgIpc) is 2.91. The Bertz CT molecular complexity index is 1050. The van der Waals surface area contributed by atoms with Crippen LogP contribution in [0.3, 0.4) is 0 Å². The van der Waals surface area contributed by atoms with Gasteiger partial charge in [0.25, 0.3) is 5.91 Å². The number of anilines is 1. The zero-order chi connectivity index (χ0) is 20.8. The van der Waals surface area contributed by atoms with Gasteiger partial charge >= 0.3 is 6.03 Å². The highest BCUT2D eigenvalue weighted by atomic mass is 35.5. The minimum Gasteiger partial charge on any atom is -0.493 e. The molecule has 2 aliphatic heterocycles. The van der Waals surface area contributed by atoms with Crippen molar-refractivity contribution in [2.75, 3.05) is 18.5 Å². The normalized spacial score (nSPS) is 20.3. The number of hydrogen-bond acceptors (Lipinski definition) is 4. The van der Waals surface area contributed by atoms with Crippen molar-refractivity contribution in [3.8, 4) is 5.75 Å². The highest BCUT2D eigenvalue weighted by molar-refractivity contribution is 6.44. The fraction of sp³-hybridized carbons (Fsp3) is 0.211. The Morgan fingerprint density at radius 1 is 1.14 bits per heavy atom. The van der Waals surface area contributed by atoms with E-state index in [1.807, 2.05) is 0 Å². The number of para-hydroxylation sites is 1. The second-order valence-electron chi connectivity index (χ2n) is 6.62. The molecule has 4 amide bonds. The first-order chi connectivity index (χ1) is 13.8. The first-order valence-electron chi connectivity index (χ1n) is 8.62. The molecule has 2 aliphatic rings. The number of halogens is 3. The van der Waals surface area contributed by atoms with Gasteiger partial charge in [-0.3, -0.25) is 14.5 Å². The molecule has 0 aliphatic carbocycles. The number of benzene rings is 2. The minimum absolute atomic E-state index is 0.180. The molecule has 0 saturated carbocycles. The molecule has 2 heterocycles. The van der Waals surface area contributed by atoms with Gasteiger partial charge in [0.05, 0.1) is 27.4 Å². The van der Waals surface area contributed by atoms with E-state index in [0.29, 0.717) is 11.3 Å². The van der Waals surface area contributed by atoms with Crippen molar-refractivity contribution in [3.05, 3.63) is 57.0 Å². The van der Waals surface area contributed by atoms with Gasteiger partial charge in [0, 0.05) is 12.0 Å². The Kier molecular flexibility index (Phi) is 5.06. The summed E-state index contributed by atoms with van der Waals surface area (Å²) in [6.07, 6.45) is 0.269. The number of nitrogens with zero attached hydrogens (tertiary/aromatic N) is 1. The maximum atomic E-state index is 13.2. The molecular weight excluding hydrogens is 441 g/mol. The summed E-state index contributed by atoms with van der Waals surface area (Å²) in [5, 5.41) is 5.91. The van der Waals surface area contributed by atoms with Crippen molar-refractivity contribution in [1.82, 2.24) is 10.2 Å². The Hall–Kier alpha value is -2.48. The number of rotatable bonds is 3. The van der Waals surface area contributed by atoms with Gasteiger partial charge in [-0.15, -0.1) is 0 Å². The molecule has 10 heteroatoms. The molecule has 7 nitrogen and oxygen atoms in total. The number of carbonyl (C=O) groups is 3. The van der Waals surface area contributed by atoms with Gasteiger partial charge in [-0.25, -0.2) is 4.79 Å². The van der Waals surface area contributed by atoms with Crippen molar-refractivity contribution < 1.29 is 19.1 Å². The number of ether oxygens (including phenoxy) is 1. The van der Waals surface area contributed by atoms with E-state index in [0.717, 1.165) is 4.90 Å². The average molecular weight is 455 g/mol. The van der Waals surface area contributed by atoms with Crippen LogP contribution >= 0.6 is 34.8 Å². The van der Waals surface area contributed by atoms with Crippen molar-refractivity contribution in [1.29, 1.82) is 0 Å². The van der Waals surface area contributed by atoms with Crippen molar-refractivity contribution >= 4 is 58.3 Å². The van der Waals surface area contributed by atoms with Crippen LogP contribution in [0.5, 0.6) is 5.75 Å². The zero-order valence-electron chi connectivity index (χ0n) is 14.8. The second kappa shape index (κ2) is 7.40. The Morgan fingerprint density at radius 3 is 2.66 bits per heavy atom. The van der Waals surface area contributed by atoms with Gasteiger partial charge in [0.15, 0.2) is 5.54 Å². The minimum atomic E-state index is -1.24. The van der Waals surface area contributed by atoms with E-state index in [9.17, 15) is 14.4 Å². The number of amides is 4. The number of urea groups is 1. The van der Waals surface area contributed by atoms with Crippen LogP contribution in [-0.4, -0.2) is 35.9 Å². The Balaban J connectivity index is 1.55. The molecule has 0 radical (unpaired) electrons. The van der Waals surface area contributed by atoms with Crippen molar-refractivity contribution in [2.24, 2.45) is 0 Å². The summed E-state index contributed by atoms with van der Waals surface area (Å²) in [7, 11) is 0. The maximum Gasteiger partial charge on any atom is 0.325 e. The molecule has 1 saturated heterocycles. The molecule has 1 fully saturated rings. The Labute approximate surface area is 180 Å². The molecule has 1 spiro atoms. The molecule has 1 unspecified atom stereocenters. The fourth-order valence-corrected chi connectivity index (χ4v) is 4.06. The highest BCUT2D eigenvalue weighted by Gasteiger charge is 2.55. The van der Waals surface area contributed by atoms with Gasteiger partial charge < -0.3 is 15.4 Å². The highest BCUT2D eigenvalue weighted by Crippen LogP contribution is 2.41. The van der Waals surface area contributed by atoms with E-state index in [2.05, 4.69) is 10.6 Å². The molecular formula is C19H14Cl3N3O4. The van der Waals surface area contributed by atoms with Crippen LogP contribution in [0.2, 0.25) is 15.1 Å². The molecule has 2 aromatic rings. The van der Waals surface area contributed by atoms with E-state index in [-0.39, 0.29) is 33.8 Å². The fourth-order valence-electron chi connectivity index (χ4n) is 3.47. The molecule has 2 N–H and O–H groups in total. The molecule has 2 aromatic carbocycles. The van der Waals surface area contributed by atoms with Gasteiger partial charge in [0.1, 0.15) is 12.3 Å². The van der Waals surface area contributed by atoms with Gasteiger partial charge in [0.2, 0.25) is 5.91 Å². The maximum absolute atomic E-state index is 13.2. The first-order valence-corrected chi connectivity index (χ1v) is 9.76. The summed E-state index contributed by atoms with van der Waals surface area (Å²) >= 11 is 17.9. The molecule has 150 valence electrons. The smallest absolute Gasteiger partial charge is 0.325 e. The summed E-state index contributed by atoms with van der Waals surface area (Å²) in [5.74, 6) is -0.582. The molecule has 0 aromatic heterocycles. The van der Waals surface area contributed by atoms with Crippen LogP contribution in [0, 0.1) is 0 Å². The monoisotopic (exact) mass is 453 g/mol. The quantitative estimate of drug-likeness (QED) is 0.545. The SMILES string of the molecule is O=C(CN1C(=O)NC2(CCOc3ccccc32)C1=O)Nc1cc(Cl)c(Cl)cc1Cl. The van der Waals surface area contributed by atoms with Crippen LogP contribution in [0.4, 0.5) is 10.5 Å². The van der Waals surface area contributed by atoms with E-state index in [1.165, 1.54) is 12.1 Å². The van der Waals surface area contributed by atoms with Crippen LogP contribution in [0.15, 0.2) is 36.4 Å². The summed E-state index contributed by atoms with van der Waals surface area (Å²) in [6.45, 7) is -0.214. The van der Waals surface area contributed by atoms with Crippen molar-refractivity contribution in [3.63, 3.8) is 0 Å². The van der Waals surface area contributed by atoms with Gasteiger partial charge in [-0.1, -0.05) is 53.0 Å². The summed E-state index contributed by atoms with van der Waals surface area (Å²) < 4.78 is 5.58. The first kappa shape index (κ1) is 19.8. The third kappa shape index (κ3) is 3.39. The van der Waals surface area contributed by atoms with Crippen molar-refractivity contribution in [2.45, 2.75) is 12.0 Å². The second-order valence-corrected chi connectivity index (χ2v) is 7.84. The standard InChI is InChI=1S/C19H14Cl3N3O4/c20-11-7-13(22)14(8-12(11)21)23-16(26)9-25-17(27)19(24-18(25)28)5-6-29-15-4-2-1-3-10(15)19/h1-4,7-8H,5-6,9H2,(H,23,26)(H,24,28). The van der Waals surface area contributed by atoms with Crippen LogP contribution in [-0.2, 0) is 15.1 Å². The number of hydrogen-bond donors (Lipinski definition) is 2. The van der Waals surface area contributed by atoms with E-state index < -0.39 is 29.9 Å². The number of imide groups is 1. The summed E-state index contributed by atoms with van der Waals surface area (Å²) in [5.41, 5.74) is -0.447. The van der Waals surface area contributed by atoms with E-state index in [1.54, 1.807) is 24.3 Å². The van der Waals surface area contributed by atoms with Crippen LogP contribution in [0.1, 0.15) is 12.0 Å². The van der Waals surface area contributed by atoms with Gasteiger partial charge in [-0.05, 0) is 18.2 Å². The zero-order valence-corrected chi connectivity index (χ0v) is 17.1. The van der Waals surface area contributed by atoms with Crippen LogP contribution in [0.25, 0.3) is 0 Å². The number of nitrogens with one attached hydrogen (secondary N) is 2. The van der Waals surface area contributed by atoms with Crippen LogP contribution < -0.4 is 15.4 Å². The largest absolute Gasteiger partial charge is 0.493 e. The molecule has 29 heavy (non-hydrogen) atoms. The molecule has 4 rings (SSSR count). The number of carbonyl (C=O) groups excluding carboxylic acids is 3. The van der Waals surface area contributed by atoms with E-state index in [4.69, 9.17) is 39.5 Å². The lowest BCUT2D eigenvalue weighted by molar-refractivity contribution is -0.135. The summed E-state index contributed by atoms with van der Waals surface area (Å²) in [6, 6.07) is 9.14. The topological polar surface area (TPSA) is 87.7 Å². The predicted molar refractivity (Wildman–Crippen MR) is 109 cm³/mol. The molecule has 1 atom stereocenters. The lowest BCUT2D eigenvalue weighted by atomic mass is 9.84. The number of fused-ring (bicyclic) bond motifs is 2. The Morgan fingerprint density at radius 2 is 1.86 bits per heavy atom. The lowest BCUT2D eigenvalue weighted by Crippen LogP contribution is -2.48. The third-order valence-corrected chi connectivity index (χ3v) is 5.88. The predicted octanol–water partition coefficient (Wildman–Crippen LogP) is 3.82. The third-order valence-electron chi connectivity index (χ3n) is 4.84.